The van der Waals surface area contributed by atoms with Crippen molar-refractivity contribution in [3.63, 3.8) is 0 Å². The third kappa shape index (κ3) is 4.52. The van der Waals surface area contributed by atoms with Gasteiger partial charge in [-0.05, 0) is 38.0 Å². The summed E-state index contributed by atoms with van der Waals surface area (Å²) in [5.41, 5.74) is -0.514. The lowest BCUT2D eigenvalue weighted by atomic mass is 9.77. The molecule has 0 heterocycles. The van der Waals surface area contributed by atoms with Crippen molar-refractivity contribution in [1.29, 1.82) is 0 Å². The monoisotopic (exact) mass is 214 g/mol. The number of rotatable bonds is 6. The molecule has 1 N–H and O–H groups in total. The summed E-state index contributed by atoms with van der Waals surface area (Å²) in [6.07, 6.45) is 7.86. The van der Waals surface area contributed by atoms with E-state index in [1.54, 1.807) is 0 Å². The van der Waals surface area contributed by atoms with Crippen molar-refractivity contribution >= 4 is 0 Å². The Morgan fingerprint density at radius 2 is 1.87 bits per heavy atom. The lowest BCUT2D eigenvalue weighted by Gasteiger charge is -2.35. The van der Waals surface area contributed by atoms with Crippen molar-refractivity contribution in [2.75, 3.05) is 13.2 Å². The fourth-order valence-electron chi connectivity index (χ4n) is 2.46. The highest BCUT2D eigenvalue weighted by Gasteiger charge is 2.32. The molecule has 0 aromatic rings. The predicted octanol–water partition coefficient (Wildman–Crippen LogP) is 3.13. The van der Waals surface area contributed by atoms with Gasteiger partial charge < -0.3 is 9.84 Å². The zero-order valence-corrected chi connectivity index (χ0v) is 10.3. The van der Waals surface area contributed by atoms with Gasteiger partial charge in [-0.1, -0.05) is 26.7 Å². The van der Waals surface area contributed by atoms with Crippen LogP contribution in [-0.2, 0) is 4.74 Å². The van der Waals surface area contributed by atoms with E-state index in [4.69, 9.17) is 4.74 Å². The molecule has 0 unspecified atom stereocenters. The van der Waals surface area contributed by atoms with Gasteiger partial charge in [0.1, 0.15) is 0 Å². The van der Waals surface area contributed by atoms with Gasteiger partial charge in [0.15, 0.2) is 0 Å². The smallest absolute Gasteiger partial charge is 0.0880 e. The van der Waals surface area contributed by atoms with Crippen LogP contribution >= 0.6 is 0 Å². The highest BCUT2D eigenvalue weighted by molar-refractivity contribution is 4.85. The molecular weight excluding hydrogens is 188 g/mol. The van der Waals surface area contributed by atoms with E-state index in [9.17, 15) is 5.11 Å². The van der Waals surface area contributed by atoms with Crippen molar-refractivity contribution in [2.45, 2.75) is 64.4 Å². The van der Waals surface area contributed by atoms with E-state index in [0.717, 1.165) is 31.8 Å². The Balaban J connectivity index is 2.21. The van der Waals surface area contributed by atoms with E-state index in [2.05, 4.69) is 13.8 Å². The van der Waals surface area contributed by atoms with Crippen LogP contribution in [0.25, 0.3) is 0 Å². The molecule has 0 aromatic carbocycles. The summed E-state index contributed by atoms with van der Waals surface area (Å²) in [6.45, 7) is 5.66. The molecule has 0 aromatic heterocycles. The average Bonchev–Trinajstić information content (AvgIpc) is 2.23. The molecule has 0 amide bonds. The second-order valence-corrected chi connectivity index (χ2v) is 5.01. The number of aliphatic hydroxyl groups is 1. The summed E-state index contributed by atoms with van der Waals surface area (Å²) in [7, 11) is 0. The fourth-order valence-corrected chi connectivity index (χ4v) is 2.46. The molecule has 15 heavy (non-hydrogen) atoms. The Morgan fingerprint density at radius 3 is 2.40 bits per heavy atom. The first-order valence-electron chi connectivity index (χ1n) is 6.50. The zero-order chi connectivity index (χ0) is 11.1. The molecule has 0 saturated heterocycles. The summed E-state index contributed by atoms with van der Waals surface area (Å²) < 4.78 is 5.47. The largest absolute Gasteiger partial charge is 0.387 e. The van der Waals surface area contributed by atoms with E-state index in [1.807, 2.05) is 0 Å². The summed E-state index contributed by atoms with van der Waals surface area (Å²) in [4.78, 5) is 0. The van der Waals surface area contributed by atoms with Crippen molar-refractivity contribution in [1.82, 2.24) is 0 Å². The lowest BCUT2D eigenvalue weighted by Crippen LogP contribution is -2.38. The molecular formula is C13H26O2. The molecule has 2 heteroatoms. The van der Waals surface area contributed by atoms with E-state index in [1.165, 1.54) is 25.7 Å². The van der Waals surface area contributed by atoms with Gasteiger partial charge in [-0.25, -0.2) is 0 Å². The minimum absolute atomic E-state index is 0.514. The van der Waals surface area contributed by atoms with Gasteiger partial charge in [0.25, 0.3) is 0 Å². The Bertz CT molecular complexity index is 160. The zero-order valence-electron chi connectivity index (χ0n) is 10.3. The first-order valence-corrected chi connectivity index (χ1v) is 6.50. The number of ether oxygens (including phenoxy) is 1. The minimum atomic E-state index is -0.514. The molecule has 0 atom stereocenters. The summed E-state index contributed by atoms with van der Waals surface area (Å²) in [6, 6.07) is 0. The van der Waals surface area contributed by atoms with Gasteiger partial charge >= 0.3 is 0 Å². The molecule has 2 nitrogen and oxygen atoms in total. The van der Waals surface area contributed by atoms with Crippen LogP contribution < -0.4 is 0 Å². The third-order valence-electron chi connectivity index (χ3n) is 3.45. The maximum absolute atomic E-state index is 10.3. The topological polar surface area (TPSA) is 29.5 Å². The van der Waals surface area contributed by atoms with Crippen molar-refractivity contribution in [2.24, 2.45) is 5.92 Å². The van der Waals surface area contributed by atoms with Gasteiger partial charge in [0, 0.05) is 6.61 Å². The van der Waals surface area contributed by atoms with Crippen LogP contribution in [0.4, 0.5) is 0 Å². The molecule has 1 aliphatic carbocycles. The van der Waals surface area contributed by atoms with Crippen LogP contribution in [0, 0.1) is 5.92 Å². The molecule has 1 saturated carbocycles. The van der Waals surface area contributed by atoms with Gasteiger partial charge in [-0.15, -0.1) is 0 Å². The van der Waals surface area contributed by atoms with Crippen LogP contribution in [0.3, 0.4) is 0 Å². The fraction of sp³-hybridized carbons (Fsp3) is 1.00. The predicted molar refractivity (Wildman–Crippen MR) is 62.9 cm³/mol. The van der Waals surface area contributed by atoms with E-state index in [0.29, 0.717) is 6.61 Å². The Labute approximate surface area is 94.0 Å². The van der Waals surface area contributed by atoms with Crippen LogP contribution in [-0.4, -0.2) is 23.9 Å². The van der Waals surface area contributed by atoms with Crippen LogP contribution in [0.1, 0.15) is 58.8 Å². The Morgan fingerprint density at radius 1 is 1.20 bits per heavy atom. The van der Waals surface area contributed by atoms with Gasteiger partial charge in [0.05, 0.1) is 12.2 Å². The van der Waals surface area contributed by atoms with E-state index in [-0.39, 0.29) is 0 Å². The SMILES string of the molecule is CCCOCC1(O)CCC(CCC)CC1. The molecule has 1 aliphatic rings. The highest BCUT2D eigenvalue weighted by atomic mass is 16.5. The highest BCUT2D eigenvalue weighted by Crippen LogP contribution is 2.34. The molecule has 90 valence electrons. The maximum Gasteiger partial charge on any atom is 0.0880 e. The van der Waals surface area contributed by atoms with Crippen molar-refractivity contribution in [3.8, 4) is 0 Å². The van der Waals surface area contributed by atoms with Crippen molar-refractivity contribution in [3.05, 3.63) is 0 Å². The second kappa shape index (κ2) is 6.49. The van der Waals surface area contributed by atoms with E-state index >= 15 is 0 Å². The van der Waals surface area contributed by atoms with Gasteiger partial charge in [-0.2, -0.15) is 0 Å². The summed E-state index contributed by atoms with van der Waals surface area (Å²) in [5, 5.41) is 10.3. The average molecular weight is 214 g/mol. The normalized spacial score (nSPS) is 31.8. The molecule has 0 bridgehead atoms. The van der Waals surface area contributed by atoms with Crippen molar-refractivity contribution < 1.29 is 9.84 Å². The molecule has 1 fully saturated rings. The van der Waals surface area contributed by atoms with Gasteiger partial charge in [0.2, 0.25) is 0 Å². The Kier molecular flexibility index (Phi) is 5.62. The molecule has 0 aliphatic heterocycles. The lowest BCUT2D eigenvalue weighted by molar-refractivity contribution is -0.0761. The summed E-state index contributed by atoms with van der Waals surface area (Å²) in [5.74, 6) is 0.849. The van der Waals surface area contributed by atoms with Gasteiger partial charge in [-0.3, -0.25) is 0 Å². The quantitative estimate of drug-likeness (QED) is 0.688. The minimum Gasteiger partial charge on any atom is -0.387 e. The van der Waals surface area contributed by atoms with Crippen LogP contribution in [0.15, 0.2) is 0 Å². The standard InChI is InChI=1S/C13H26O2/c1-3-5-12-6-8-13(14,9-7-12)11-15-10-4-2/h12,14H,3-11H2,1-2H3. The van der Waals surface area contributed by atoms with E-state index < -0.39 is 5.60 Å². The van der Waals surface area contributed by atoms with Crippen LogP contribution in [0.5, 0.6) is 0 Å². The molecule has 1 rings (SSSR count). The molecule has 0 spiro atoms. The summed E-state index contributed by atoms with van der Waals surface area (Å²) >= 11 is 0. The first-order chi connectivity index (χ1) is 7.20. The third-order valence-corrected chi connectivity index (χ3v) is 3.45. The molecule has 0 radical (unpaired) electrons. The Hall–Kier alpha value is -0.0800. The van der Waals surface area contributed by atoms with Crippen LogP contribution in [0.2, 0.25) is 0 Å². The number of hydrogen-bond donors (Lipinski definition) is 1. The second-order valence-electron chi connectivity index (χ2n) is 5.01. The maximum atomic E-state index is 10.3. The number of hydrogen-bond acceptors (Lipinski definition) is 2. The first kappa shape index (κ1) is 13.0.